The van der Waals surface area contributed by atoms with Crippen LogP contribution in [0.15, 0.2) is 24.3 Å². The summed E-state index contributed by atoms with van der Waals surface area (Å²) in [7, 11) is 0. The number of nitrogen functional groups attached to an aromatic ring is 1. The van der Waals surface area contributed by atoms with Crippen molar-refractivity contribution in [3.8, 4) is 5.75 Å². The molecule has 0 heterocycles. The van der Waals surface area contributed by atoms with E-state index in [1.165, 1.54) is 96.3 Å². The second-order valence-corrected chi connectivity index (χ2v) is 10.8. The molecule has 0 aliphatic carbocycles. The lowest BCUT2D eigenvalue weighted by atomic mass is 10.0. The molecule has 0 aromatic heterocycles. The predicted octanol–water partition coefficient (Wildman–Crippen LogP) is 7.99. The van der Waals surface area contributed by atoms with Crippen molar-refractivity contribution in [2.45, 2.75) is 110 Å². The molecule has 0 aliphatic heterocycles. The van der Waals surface area contributed by atoms with Crippen LogP contribution in [-0.4, -0.2) is 72.7 Å². The maximum absolute atomic E-state index is 5.83. The molecule has 0 aliphatic rings. The molecule has 0 fully saturated rings. The van der Waals surface area contributed by atoms with Gasteiger partial charge in [0.05, 0.1) is 65.1 Å². The fourth-order valence-electron chi connectivity index (χ4n) is 4.56. The van der Waals surface area contributed by atoms with Gasteiger partial charge in [-0.15, -0.1) is 0 Å². The molecule has 240 valence electrons. The smallest absolute Gasteiger partial charge is 0.142 e. The summed E-state index contributed by atoms with van der Waals surface area (Å²) in [5, 5.41) is 0. The Balaban J connectivity index is 1.64. The summed E-state index contributed by atoms with van der Waals surface area (Å²) in [5.41, 5.74) is 6.46. The minimum absolute atomic E-state index is 0.460. The van der Waals surface area contributed by atoms with Gasteiger partial charge in [0.1, 0.15) is 12.4 Å². The number of para-hydroxylation sites is 2. The van der Waals surface area contributed by atoms with E-state index >= 15 is 0 Å². The van der Waals surface area contributed by atoms with Gasteiger partial charge < -0.3 is 34.2 Å². The Kier molecular flexibility index (Phi) is 29.0. The lowest BCUT2D eigenvalue weighted by molar-refractivity contribution is -0.0128. The highest BCUT2D eigenvalue weighted by Crippen LogP contribution is 2.19. The molecule has 0 radical (unpaired) electrons. The molecule has 0 bridgehead atoms. The number of anilines is 1. The monoisotopic (exact) mass is 581 g/mol. The van der Waals surface area contributed by atoms with Crippen LogP contribution in [-0.2, 0) is 23.7 Å². The van der Waals surface area contributed by atoms with Crippen LogP contribution in [0.3, 0.4) is 0 Å². The Labute approximate surface area is 252 Å². The first-order chi connectivity index (χ1) is 20.3. The van der Waals surface area contributed by atoms with Crippen LogP contribution in [0.25, 0.3) is 0 Å². The highest BCUT2D eigenvalue weighted by Gasteiger charge is 1.99. The first-order valence-corrected chi connectivity index (χ1v) is 16.7. The van der Waals surface area contributed by atoms with Gasteiger partial charge in [0.25, 0.3) is 0 Å². The summed E-state index contributed by atoms with van der Waals surface area (Å²) in [5.74, 6) is 0.687. The van der Waals surface area contributed by atoms with Crippen LogP contribution in [0.5, 0.6) is 5.75 Å². The van der Waals surface area contributed by atoms with Crippen LogP contribution < -0.4 is 10.5 Å². The molecule has 2 N–H and O–H groups in total. The average Bonchev–Trinajstić information content (AvgIpc) is 2.98. The van der Waals surface area contributed by atoms with Crippen molar-refractivity contribution in [2.75, 3.05) is 78.4 Å². The van der Waals surface area contributed by atoms with Crippen molar-refractivity contribution in [1.82, 2.24) is 0 Å². The van der Waals surface area contributed by atoms with Gasteiger partial charge in [0.2, 0.25) is 0 Å². The topological polar surface area (TPSA) is 81.4 Å². The first kappa shape index (κ1) is 37.6. The Morgan fingerprint density at radius 2 is 0.756 bits per heavy atom. The normalized spacial score (nSPS) is 11.3. The van der Waals surface area contributed by atoms with Crippen LogP contribution in [0.1, 0.15) is 110 Å². The third-order valence-electron chi connectivity index (χ3n) is 7.03. The van der Waals surface area contributed by atoms with Crippen molar-refractivity contribution >= 4 is 5.69 Å². The maximum atomic E-state index is 5.83. The zero-order valence-electron chi connectivity index (χ0n) is 26.4. The minimum Gasteiger partial charge on any atom is -0.489 e. The molecule has 0 unspecified atom stereocenters. The predicted molar refractivity (Wildman–Crippen MR) is 170 cm³/mol. The van der Waals surface area contributed by atoms with Gasteiger partial charge in [-0.05, 0) is 18.6 Å². The minimum atomic E-state index is 0.460. The van der Waals surface area contributed by atoms with E-state index in [9.17, 15) is 0 Å². The van der Waals surface area contributed by atoms with Crippen molar-refractivity contribution in [3.63, 3.8) is 0 Å². The Hall–Kier alpha value is -1.38. The summed E-state index contributed by atoms with van der Waals surface area (Å²) in [6, 6.07) is 7.44. The molecule has 7 heteroatoms. The standard InChI is InChI=1S/C34H63NO6/c1-2-3-4-5-6-7-8-9-10-11-12-13-14-15-16-19-22-36-23-24-37-25-26-38-27-28-39-29-30-40-31-32-41-34-21-18-17-20-33(34)35/h17-18,20-21H,2-16,19,22-32,35H2,1H3. The van der Waals surface area contributed by atoms with E-state index in [1.807, 2.05) is 24.3 Å². The molecule has 7 nitrogen and oxygen atoms in total. The van der Waals surface area contributed by atoms with E-state index in [4.69, 9.17) is 34.2 Å². The van der Waals surface area contributed by atoms with Gasteiger partial charge in [-0.2, -0.15) is 0 Å². The van der Waals surface area contributed by atoms with Crippen molar-refractivity contribution < 1.29 is 28.4 Å². The van der Waals surface area contributed by atoms with Crippen LogP contribution in [0, 0.1) is 0 Å². The van der Waals surface area contributed by atoms with Gasteiger partial charge in [-0.1, -0.05) is 115 Å². The van der Waals surface area contributed by atoms with E-state index in [0.717, 1.165) is 13.0 Å². The Morgan fingerprint density at radius 3 is 1.17 bits per heavy atom. The van der Waals surface area contributed by atoms with Gasteiger partial charge >= 0.3 is 0 Å². The highest BCUT2D eigenvalue weighted by molar-refractivity contribution is 5.51. The molecule has 41 heavy (non-hydrogen) atoms. The van der Waals surface area contributed by atoms with Gasteiger partial charge in [0.15, 0.2) is 0 Å². The molecular formula is C34H63NO6. The van der Waals surface area contributed by atoms with E-state index in [0.29, 0.717) is 77.5 Å². The van der Waals surface area contributed by atoms with Gasteiger partial charge in [-0.25, -0.2) is 0 Å². The van der Waals surface area contributed by atoms with Crippen molar-refractivity contribution in [3.05, 3.63) is 24.3 Å². The van der Waals surface area contributed by atoms with E-state index in [-0.39, 0.29) is 0 Å². The first-order valence-electron chi connectivity index (χ1n) is 16.7. The fraction of sp³-hybridized carbons (Fsp3) is 0.824. The lowest BCUT2D eigenvalue weighted by Gasteiger charge is -2.09. The van der Waals surface area contributed by atoms with Crippen LogP contribution in [0.4, 0.5) is 5.69 Å². The Bertz CT molecular complexity index is 647. The largest absolute Gasteiger partial charge is 0.489 e. The van der Waals surface area contributed by atoms with Crippen molar-refractivity contribution in [1.29, 1.82) is 0 Å². The van der Waals surface area contributed by atoms with E-state index in [1.54, 1.807) is 0 Å². The lowest BCUT2D eigenvalue weighted by Crippen LogP contribution is -2.14. The molecule has 1 rings (SSSR count). The molecule has 0 atom stereocenters. The quantitative estimate of drug-likeness (QED) is 0.0665. The molecule has 0 amide bonds. The fourth-order valence-corrected chi connectivity index (χ4v) is 4.56. The maximum Gasteiger partial charge on any atom is 0.142 e. The summed E-state index contributed by atoms with van der Waals surface area (Å²) < 4.78 is 33.3. The summed E-state index contributed by atoms with van der Waals surface area (Å²) in [6.45, 7) is 8.66. The van der Waals surface area contributed by atoms with Gasteiger partial charge in [0, 0.05) is 6.61 Å². The number of unbranched alkanes of at least 4 members (excludes halogenated alkanes) is 15. The zero-order valence-corrected chi connectivity index (χ0v) is 26.4. The number of ether oxygens (including phenoxy) is 6. The SMILES string of the molecule is CCCCCCCCCCCCCCCCCCOCCOCCOCCOCCOCCOc1ccccc1N. The third-order valence-corrected chi connectivity index (χ3v) is 7.03. The molecule has 0 spiro atoms. The zero-order chi connectivity index (χ0) is 29.3. The van der Waals surface area contributed by atoms with E-state index < -0.39 is 0 Å². The van der Waals surface area contributed by atoms with Crippen molar-refractivity contribution in [2.24, 2.45) is 0 Å². The second kappa shape index (κ2) is 31.6. The number of benzene rings is 1. The van der Waals surface area contributed by atoms with Crippen LogP contribution in [0.2, 0.25) is 0 Å². The molecule has 1 aromatic carbocycles. The third kappa shape index (κ3) is 27.2. The average molecular weight is 582 g/mol. The molecule has 0 saturated carbocycles. The number of nitrogens with two attached hydrogens (primary N) is 1. The number of hydrogen-bond donors (Lipinski definition) is 1. The molecular weight excluding hydrogens is 518 g/mol. The Morgan fingerprint density at radius 1 is 0.415 bits per heavy atom. The highest BCUT2D eigenvalue weighted by atomic mass is 16.6. The summed E-state index contributed by atoms with van der Waals surface area (Å²) in [4.78, 5) is 0. The summed E-state index contributed by atoms with van der Waals surface area (Å²) >= 11 is 0. The second-order valence-electron chi connectivity index (χ2n) is 10.8. The summed E-state index contributed by atoms with van der Waals surface area (Å²) in [6.07, 6.45) is 22.3. The van der Waals surface area contributed by atoms with Crippen LogP contribution >= 0.6 is 0 Å². The number of hydrogen-bond acceptors (Lipinski definition) is 7. The van der Waals surface area contributed by atoms with Gasteiger partial charge in [-0.3, -0.25) is 0 Å². The van der Waals surface area contributed by atoms with E-state index in [2.05, 4.69) is 6.92 Å². The number of rotatable bonds is 33. The molecule has 1 aromatic rings. The molecule has 0 saturated heterocycles.